The summed E-state index contributed by atoms with van der Waals surface area (Å²) < 4.78 is 12.3. The maximum Gasteiger partial charge on any atom is 0.166 e. The number of rotatable bonds is 6. The second-order valence-corrected chi connectivity index (χ2v) is 7.33. The Morgan fingerprint density at radius 1 is 1.14 bits per heavy atom. The number of hydrogen-bond acceptors (Lipinski definition) is 9. The second kappa shape index (κ2) is 8.02. The highest BCUT2D eigenvalue weighted by Crippen LogP contribution is 2.33. The normalized spacial score (nSPS) is 24.7. The molecule has 0 spiro atoms. The standard InChI is InChI=1S/C18H20N4O5S/c1-26-11-4-2-10(3-5-11)7-28-17-13-16(19-8-20-17)22(9-21-13)18-15(25)14(24)12(6-23)27-18/h2-5,8-9,12,14-15,18,23-25H,6-7H2,1H3/t12-,14?,15?,18-/m1/s1. The van der Waals surface area contributed by atoms with Crippen LogP contribution in [0, 0.1) is 0 Å². The van der Waals surface area contributed by atoms with Crippen molar-refractivity contribution in [3.8, 4) is 5.75 Å². The van der Waals surface area contributed by atoms with Crippen molar-refractivity contribution in [2.45, 2.75) is 35.3 Å². The molecule has 10 heteroatoms. The minimum absolute atomic E-state index is 0.390. The molecule has 3 heterocycles. The highest BCUT2D eigenvalue weighted by Gasteiger charge is 2.44. The van der Waals surface area contributed by atoms with Gasteiger partial charge in [-0.05, 0) is 17.7 Å². The van der Waals surface area contributed by atoms with Gasteiger partial charge in [0.1, 0.15) is 40.9 Å². The summed E-state index contributed by atoms with van der Waals surface area (Å²) in [6.07, 6.45) is -1.19. The zero-order chi connectivity index (χ0) is 19.7. The molecule has 0 bridgehead atoms. The lowest BCUT2D eigenvalue weighted by Gasteiger charge is -2.16. The minimum Gasteiger partial charge on any atom is -0.497 e. The van der Waals surface area contributed by atoms with Gasteiger partial charge in [0, 0.05) is 5.75 Å². The molecule has 1 aliphatic heterocycles. The van der Waals surface area contributed by atoms with Crippen molar-refractivity contribution in [2.24, 2.45) is 0 Å². The van der Waals surface area contributed by atoms with Gasteiger partial charge in [0.15, 0.2) is 11.9 Å². The first-order chi connectivity index (χ1) is 13.6. The number of aromatic nitrogens is 4. The van der Waals surface area contributed by atoms with Crippen molar-refractivity contribution in [1.82, 2.24) is 19.5 Å². The van der Waals surface area contributed by atoms with E-state index in [4.69, 9.17) is 9.47 Å². The Labute approximate surface area is 165 Å². The number of ether oxygens (including phenoxy) is 2. The Kier molecular flexibility index (Phi) is 5.47. The molecule has 0 saturated carbocycles. The number of hydrogen-bond donors (Lipinski definition) is 3. The molecule has 148 valence electrons. The quantitative estimate of drug-likeness (QED) is 0.403. The topological polar surface area (TPSA) is 123 Å². The molecule has 3 aromatic rings. The van der Waals surface area contributed by atoms with E-state index in [1.54, 1.807) is 11.7 Å². The number of imidazole rings is 1. The number of fused-ring (bicyclic) bond motifs is 1. The molecule has 4 atom stereocenters. The highest BCUT2D eigenvalue weighted by atomic mass is 32.2. The lowest BCUT2D eigenvalue weighted by Crippen LogP contribution is -2.33. The van der Waals surface area contributed by atoms with Gasteiger partial charge >= 0.3 is 0 Å². The van der Waals surface area contributed by atoms with Crippen LogP contribution in [0.1, 0.15) is 11.8 Å². The van der Waals surface area contributed by atoms with Crippen LogP contribution in [0.15, 0.2) is 41.9 Å². The average Bonchev–Trinajstić information content (AvgIpc) is 3.28. The Hall–Kier alpha value is -2.24. The van der Waals surface area contributed by atoms with Gasteiger partial charge in [0.2, 0.25) is 0 Å². The van der Waals surface area contributed by atoms with Crippen LogP contribution in [-0.2, 0) is 10.5 Å². The summed E-state index contributed by atoms with van der Waals surface area (Å²) in [6, 6.07) is 7.79. The lowest BCUT2D eigenvalue weighted by molar-refractivity contribution is -0.0511. The summed E-state index contributed by atoms with van der Waals surface area (Å²) in [4.78, 5) is 13.0. The van der Waals surface area contributed by atoms with Crippen LogP contribution >= 0.6 is 11.8 Å². The van der Waals surface area contributed by atoms with Crippen molar-refractivity contribution >= 4 is 22.9 Å². The molecule has 2 aromatic heterocycles. The third-order valence-electron chi connectivity index (χ3n) is 4.65. The first-order valence-corrected chi connectivity index (χ1v) is 9.66. The van der Waals surface area contributed by atoms with E-state index in [2.05, 4.69) is 15.0 Å². The van der Waals surface area contributed by atoms with E-state index in [0.717, 1.165) is 11.3 Å². The zero-order valence-corrected chi connectivity index (χ0v) is 15.9. The van der Waals surface area contributed by atoms with Gasteiger partial charge in [0.05, 0.1) is 20.0 Å². The fourth-order valence-electron chi connectivity index (χ4n) is 3.11. The summed E-state index contributed by atoms with van der Waals surface area (Å²) in [5, 5.41) is 30.2. The van der Waals surface area contributed by atoms with E-state index in [1.165, 1.54) is 24.4 Å². The summed E-state index contributed by atoms with van der Waals surface area (Å²) in [6.45, 7) is -0.390. The molecule has 2 unspecified atom stereocenters. The molecule has 3 N–H and O–H groups in total. The molecule has 28 heavy (non-hydrogen) atoms. The largest absolute Gasteiger partial charge is 0.497 e. The molecular weight excluding hydrogens is 384 g/mol. The average molecular weight is 404 g/mol. The number of benzene rings is 1. The Morgan fingerprint density at radius 2 is 1.93 bits per heavy atom. The van der Waals surface area contributed by atoms with Gasteiger partial charge in [-0.2, -0.15) is 0 Å². The van der Waals surface area contributed by atoms with E-state index in [-0.39, 0.29) is 6.61 Å². The number of methoxy groups -OCH3 is 1. The smallest absolute Gasteiger partial charge is 0.166 e. The van der Waals surface area contributed by atoms with Gasteiger partial charge in [-0.25, -0.2) is 15.0 Å². The van der Waals surface area contributed by atoms with Crippen LogP contribution in [0.3, 0.4) is 0 Å². The third kappa shape index (κ3) is 3.45. The molecular formula is C18H20N4O5S. The summed E-state index contributed by atoms with van der Waals surface area (Å²) in [5.41, 5.74) is 2.18. The summed E-state index contributed by atoms with van der Waals surface area (Å²) >= 11 is 1.52. The van der Waals surface area contributed by atoms with Crippen molar-refractivity contribution in [1.29, 1.82) is 0 Å². The molecule has 1 aromatic carbocycles. The monoisotopic (exact) mass is 404 g/mol. The second-order valence-electron chi connectivity index (χ2n) is 6.37. The predicted octanol–water partition coefficient (Wildman–Crippen LogP) is 0.739. The summed E-state index contributed by atoms with van der Waals surface area (Å²) in [7, 11) is 1.63. The van der Waals surface area contributed by atoms with Crippen LogP contribution in [0.5, 0.6) is 5.75 Å². The maximum atomic E-state index is 10.3. The van der Waals surface area contributed by atoms with Gasteiger partial charge in [-0.15, -0.1) is 0 Å². The first-order valence-electron chi connectivity index (χ1n) is 8.68. The molecule has 1 saturated heterocycles. The number of thioether (sulfide) groups is 1. The predicted molar refractivity (Wildman–Crippen MR) is 101 cm³/mol. The fraction of sp³-hybridized carbons (Fsp3) is 0.389. The molecule has 9 nitrogen and oxygen atoms in total. The van der Waals surface area contributed by atoms with Crippen molar-refractivity contribution in [3.05, 3.63) is 42.5 Å². The molecule has 4 rings (SSSR count). The fourth-order valence-corrected chi connectivity index (χ4v) is 4.00. The van der Waals surface area contributed by atoms with Crippen LogP contribution in [-0.4, -0.2) is 66.9 Å². The molecule has 0 radical (unpaired) electrons. The lowest BCUT2D eigenvalue weighted by atomic mass is 10.1. The van der Waals surface area contributed by atoms with Crippen LogP contribution in [0.25, 0.3) is 11.2 Å². The number of aliphatic hydroxyl groups excluding tert-OH is 3. The molecule has 1 aliphatic rings. The van der Waals surface area contributed by atoms with Crippen molar-refractivity contribution in [2.75, 3.05) is 13.7 Å². The molecule has 0 aliphatic carbocycles. The SMILES string of the molecule is COc1ccc(CSc2ncnc3c2ncn3[C@@H]2O[C@H](CO)C(O)C2O)cc1. The third-order valence-corrected chi connectivity index (χ3v) is 5.70. The van der Waals surface area contributed by atoms with Crippen LogP contribution in [0.2, 0.25) is 0 Å². The van der Waals surface area contributed by atoms with Crippen molar-refractivity contribution in [3.63, 3.8) is 0 Å². The Bertz CT molecular complexity index is 951. The van der Waals surface area contributed by atoms with Crippen LogP contribution in [0.4, 0.5) is 0 Å². The Morgan fingerprint density at radius 3 is 2.61 bits per heavy atom. The summed E-state index contributed by atoms with van der Waals surface area (Å²) in [5.74, 6) is 1.49. The highest BCUT2D eigenvalue weighted by molar-refractivity contribution is 7.98. The molecule has 1 fully saturated rings. The van der Waals surface area contributed by atoms with E-state index in [9.17, 15) is 15.3 Å². The van der Waals surface area contributed by atoms with E-state index >= 15 is 0 Å². The van der Waals surface area contributed by atoms with E-state index in [0.29, 0.717) is 21.9 Å². The van der Waals surface area contributed by atoms with Gasteiger partial charge < -0.3 is 24.8 Å². The minimum atomic E-state index is -1.19. The number of aliphatic hydroxyl groups is 3. The molecule has 0 amide bonds. The van der Waals surface area contributed by atoms with E-state index in [1.807, 2.05) is 24.3 Å². The van der Waals surface area contributed by atoms with Crippen molar-refractivity contribution < 1.29 is 24.8 Å². The Balaban J connectivity index is 1.56. The maximum absolute atomic E-state index is 10.3. The van der Waals surface area contributed by atoms with Gasteiger partial charge in [0.25, 0.3) is 0 Å². The van der Waals surface area contributed by atoms with Gasteiger partial charge in [-0.1, -0.05) is 23.9 Å². The van der Waals surface area contributed by atoms with Gasteiger partial charge in [-0.3, -0.25) is 4.57 Å². The van der Waals surface area contributed by atoms with E-state index < -0.39 is 24.5 Å². The number of nitrogens with zero attached hydrogens (tertiary/aromatic N) is 4. The first kappa shape index (κ1) is 19.1. The zero-order valence-electron chi connectivity index (χ0n) is 15.0. The van der Waals surface area contributed by atoms with Crippen LogP contribution < -0.4 is 4.74 Å².